The van der Waals surface area contributed by atoms with Gasteiger partial charge >= 0.3 is 17.9 Å². The van der Waals surface area contributed by atoms with Crippen molar-refractivity contribution in [3.8, 4) is 0 Å². The van der Waals surface area contributed by atoms with Gasteiger partial charge < -0.3 is 18.9 Å². The molecule has 0 saturated carbocycles. The van der Waals surface area contributed by atoms with Crippen LogP contribution in [0.25, 0.3) is 0 Å². The lowest BCUT2D eigenvalue weighted by Gasteiger charge is -2.36. The van der Waals surface area contributed by atoms with Gasteiger partial charge in [-0.1, -0.05) is 39.0 Å². The zero-order valence-electron chi connectivity index (χ0n) is 21.1. The fraction of sp³-hybridized carbons (Fsp3) is 0.731. The van der Waals surface area contributed by atoms with Gasteiger partial charge in [0, 0.05) is 44.3 Å². The van der Waals surface area contributed by atoms with Crippen molar-refractivity contribution >= 4 is 17.9 Å². The van der Waals surface area contributed by atoms with E-state index in [9.17, 15) is 14.4 Å². The summed E-state index contributed by atoms with van der Waals surface area (Å²) >= 11 is 0. The monoisotopic (exact) mass is 466 g/mol. The normalized spacial score (nSPS) is 21.8. The van der Waals surface area contributed by atoms with Crippen molar-refractivity contribution in [1.29, 1.82) is 0 Å². The third kappa shape index (κ3) is 10.1. The van der Waals surface area contributed by atoms with Crippen LogP contribution >= 0.6 is 0 Å². The summed E-state index contributed by atoms with van der Waals surface area (Å²) < 4.78 is 22.0. The molecule has 1 rings (SSSR count). The molecule has 0 fully saturated rings. The molecule has 1 aliphatic heterocycles. The number of carbonyl (C=O) groups is 3. The summed E-state index contributed by atoms with van der Waals surface area (Å²) in [5, 5.41) is 0. The molecule has 33 heavy (non-hydrogen) atoms. The molecule has 6 atom stereocenters. The highest BCUT2D eigenvalue weighted by molar-refractivity contribution is 5.83. The lowest BCUT2D eigenvalue weighted by atomic mass is 9.83. The molecule has 0 unspecified atom stereocenters. The van der Waals surface area contributed by atoms with Gasteiger partial charge in [0.2, 0.25) is 0 Å². The van der Waals surface area contributed by atoms with Crippen molar-refractivity contribution < 1.29 is 33.3 Å². The zero-order chi connectivity index (χ0) is 24.8. The van der Waals surface area contributed by atoms with Crippen molar-refractivity contribution in [3.05, 3.63) is 24.3 Å². The number of unbranched alkanes of at least 4 members (excludes halogenated alkanes) is 1. The van der Waals surface area contributed by atoms with Gasteiger partial charge in [-0.05, 0) is 38.5 Å². The van der Waals surface area contributed by atoms with E-state index in [0.29, 0.717) is 19.3 Å². The van der Waals surface area contributed by atoms with Gasteiger partial charge in [0.15, 0.2) is 0 Å². The topological polar surface area (TPSA) is 88.1 Å². The summed E-state index contributed by atoms with van der Waals surface area (Å²) in [5.41, 5.74) is 0. The molecule has 0 spiro atoms. The summed E-state index contributed by atoms with van der Waals surface area (Å²) in [6.45, 7) is 8.17. The minimum atomic E-state index is -0.463. The predicted octanol–water partition coefficient (Wildman–Crippen LogP) is 4.78. The van der Waals surface area contributed by atoms with Gasteiger partial charge in [0.05, 0.1) is 13.2 Å². The second-order valence-corrected chi connectivity index (χ2v) is 8.80. The van der Waals surface area contributed by atoms with E-state index in [2.05, 4.69) is 17.7 Å². The van der Waals surface area contributed by atoms with Crippen molar-refractivity contribution in [3.63, 3.8) is 0 Å². The quantitative estimate of drug-likeness (QED) is 0.148. The predicted molar refractivity (Wildman–Crippen MR) is 126 cm³/mol. The van der Waals surface area contributed by atoms with Crippen LogP contribution < -0.4 is 0 Å². The van der Waals surface area contributed by atoms with E-state index in [0.717, 1.165) is 12.8 Å². The number of rotatable bonds is 15. The third-order valence-electron chi connectivity index (χ3n) is 6.36. The summed E-state index contributed by atoms with van der Waals surface area (Å²) in [6, 6.07) is 0. The molecule has 0 aromatic heterocycles. The number of esters is 3. The molecule has 7 heteroatoms. The van der Waals surface area contributed by atoms with Gasteiger partial charge in [-0.25, -0.2) is 4.79 Å². The Morgan fingerprint density at radius 2 is 1.82 bits per heavy atom. The van der Waals surface area contributed by atoms with E-state index in [-0.39, 0.29) is 60.7 Å². The Kier molecular flexibility index (Phi) is 13.7. The fourth-order valence-electron chi connectivity index (χ4n) is 4.35. The lowest BCUT2D eigenvalue weighted by molar-refractivity contribution is -0.162. The van der Waals surface area contributed by atoms with E-state index in [4.69, 9.17) is 14.2 Å². The molecule has 0 aromatic carbocycles. The third-order valence-corrected chi connectivity index (χ3v) is 6.36. The summed E-state index contributed by atoms with van der Waals surface area (Å²) in [7, 11) is 3.03. The molecule has 0 aliphatic carbocycles. The maximum absolute atomic E-state index is 12.7. The highest BCUT2D eigenvalue weighted by Gasteiger charge is 2.37. The van der Waals surface area contributed by atoms with E-state index in [1.165, 1.54) is 13.2 Å². The van der Waals surface area contributed by atoms with Crippen LogP contribution in [0.5, 0.6) is 0 Å². The smallest absolute Gasteiger partial charge is 0.330 e. The van der Waals surface area contributed by atoms with Crippen LogP contribution in [0, 0.1) is 17.8 Å². The maximum atomic E-state index is 12.7. The Labute approximate surface area is 198 Å². The number of hydrogen-bond acceptors (Lipinski definition) is 7. The number of ether oxygens (including phenoxy) is 4. The van der Waals surface area contributed by atoms with Gasteiger partial charge in [-0.2, -0.15) is 0 Å². The Hall–Kier alpha value is -2.15. The first-order chi connectivity index (χ1) is 15.8. The highest BCUT2D eigenvalue weighted by Crippen LogP contribution is 2.31. The molecule has 0 saturated heterocycles. The van der Waals surface area contributed by atoms with Crippen LogP contribution in [-0.4, -0.2) is 50.4 Å². The van der Waals surface area contributed by atoms with E-state index in [1.54, 1.807) is 7.11 Å². The van der Waals surface area contributed by atoms with Crippen LogP contribution in [0.1, 0.15) is 72.6 Å². The maximum Gasteiger partial charge on any atom is 0.330 e. The number of carbonyl (C=O) groups excluding carboxylic acids is 3. The molecule has 188 valence electrons. The minimum Gasteiger partial charge on any atom is -0.469 e. The van der Waals surface area contributed by atoms with Crippen LogP contribution in [0.3, 0.4) is 0 Å². The number of methoxy groups -OCH3 is 2. The summed E-state index contributed by atoms with van der Waals surface area (Å²) in [4.78, 5) is 35.8. The second-order valence-electron chi connectivity index (χ2n) is 8.80. The largest absolute Gasteiger partial charge is 0.469 e. The number of allylic oxidation sites excluding steroid dienone is 2. The SMILES string of the molecule is C/C=C/C[C@H](C)[C@@H](OC)[C@@H](C)[C@@H](C[C@H]1OC(=O)C=C[C@H]1CC)OC(=O)CCCCC(=O)OC. The molecule has 0 bridgehead atoms. The molecule has 7 nitrogen and oxygen atoms in total. The van der Waals surface area contributed by atoms with Gasteiger partial charge in [-0.3, -0.25) is 9.59 Å². The first-order valence-electron chi connectivity index (χ1n) is 12.1. The van der Waals surface area contributed by atoms with Crippen molar-refractivity contribution in [2.24, 2.45) is 17.8 Å². The average Bonchev–Trinajstić information content (AvgIpc) is 2.80. The van der Waals surface area contributed by atoms with Crippen LogP contribution in [-0.2, 0) is 33.3 Å². The first-order valence-corrected chi connectivity index (χ1v) is 12.1. The minimum absolute atomic E-state index is 0.0811. The van der Waals surface area contributed by atoms with E-state index < -0.39 is 6.10 Å². The molecule has 1 heterocycles. The lowest BCUT2D eigenvalue weighted by Crippen LogP contribution is -2.42. The van der Waals surface area contributed by atoms with Gasteiger partial charge in [0.1, 0.15) is 12.2 Å². The Morgan fingerprint density at radius 1 is 1.15 bits per heavy atom. The molecular formula is C26H42O7. The Morgan fingerprint density at radius 3 is 2.39 bits per heavy atom. The zero-order valence-corrected chi connectivity index (χ0v) is 21.1. The van der Waals surface area contributed by atoms with Crippen LogP contribution in [0.2, 0.25) is 0 Å². The second kappa shape index (κ2) is 15.6. The standard InChI is InChI=1S/C26H42O7/c1-7-9-12-18(3)26(31-6)19(4)21(17-22-20(8-2)15-16-25(29)33-22)32-24(28)14-11-10-13-23(27)30-5/h7,9,15-16,18-22,26H,8,10-14,17H2,1-6H3/b9-7+/t18-,19-,20+,21+,22+,26+/m0/s1. The molecule has 0 radical (unpaired) electrons. The molecule has 0 aromatic rings. The van der Waals surface area contributed by atoms with E-state index in [1.807, 2.05) is 32.9 Å². The molecule has 0 amide bonds. The average molecular weight is 467 g/mol. The van der Waals surface area contributed by atoms with Crippen molar-refractivity contribution in [2.45, 2.75) is 91.0 Å². The molecule has 0 N–H and O–H groups in total. The Balaban J connectivity index is 2.92. The highest BCUT2D eigenvalue weighted by atomic mass is 16.6. The van der Waals surface area contributed by atoms with Gasteiger partial charge in [0.25, 0.3) is 0 Å². The van der Waals surface area contributed by atoms with Gasteiger partial charge in [-0.15, -0.1) is 0 Å². The summed E-state index contributed by atoms with van der Waals surface area (Å²) in [5.74, 6) is -0.772. The van der Waals surface area contributed by atoms with Crippen LogP contribution in [0.15, 0.2) is 24.3 Å². The molecule has 1 aliphatic rings. The number of hydrogen-bond donors (Lipinski definition) is 0. The van der Waals surface area contributed by atoms with Crippen LogP contribution in [0.4, 0.5) is 0 Å². The first kappa shape index (κ1) is 28.9. The fourth-order valence-corrected chi connectivity index (χ4v) is 4.35. The molecular weight excluding hydrogens is 424 g/mol. The number of cyclic esters (lactones) is 1. The van der Waals surface area contributed by atoms with Crippen molar-refractivity contribution in [2.75, 3.05) is 14.2 Å². The summed E-state index contributed by atoms with van der Waals surface area (Å²) in [6.07, 6.45) is 10.2. The Bertz CT molecular complexity index is 670. The van der Waals surface area contributed by atoms with E-state index >= 15 is 0 Å². The van der Waals surface area contributed by atoms with Crippen molar-refractivity contribution in [1.82, 2.24) is 0 Å².